The van der Waals surface area contributed by atoms with Crippen LogP contribution in [0.3, 0.4) is 0 Å². The Kier molecular flexibility index (Phi) is 3.12. The monoisotopic (exact) mass is 237 g/mol. The molecule has 2 heterocycles. The smallest absolute Gasteiger partial charge is 0.251 e. The van der Waals surface area contributed by atoms with E-state index in [9.17, 15) is 4.79 Å². The first-order valence-electron chi connectivity index (χ1n) is 7.20. The number of hydrogen-bond acceptors (Lipinski definition) is 2. The summed E-state index contributed by atoms with van der Waals surface area (Å²) in [6, 6.07) is 0. The molecule has 0 radical (unpaired) electrons. The van der Waals surface area contributed by atoms with E-state index < -0.39 is 0 Å². The Labute approximate surface area is 104 Å². The summed E-state index contributed by atoms with van der Waals surface area (Å²) in [7, 11) is 0. The molecule has 0 aromatic rings. The first-order chi connectivity index (χ1) is 8.29. The normalized spacial score (nSPS) is 32.2. The third kappa shape index (κ3) is 2.22. The van der Waals surface area contributed by atoms with Crippen molar-refractivity contribution in [3.05, 3.63) is 0 Å². The molecule has 3 nitrogen and oxygen atoms in total. The lowest BCUT2D eigenvalue weighted by Gasteiger charge is -2.33. The first-order valence-corrected chi connectivity index (χ1v) is 7.20. The van der Waals surface area contributed by atoms with Gasteiger partial charge in [0.1, 0.15) is 6.10 Å². The van der Waals surface area contributed by atoms with E-state index in [0.717, 1.165) is 32.5 Å². The van der Waals surface area contributed by atoms with E-state index in [0.29, 0.717) is 5.41 Å². The molecule has 2 aliphatic heterocycles. The number of hydrogen-bond donors (Lipinski definition) is 0. The average Bonchev–Trinajstić information content (AvgIpc) is 2.99. The molecule has 1 amide bonds. The van der Waals surface area contributed by atoms with Crippen molar-refractivity contribution in [1.29, 1.82) is 0 Å². The van der Waals surface area contributed by atoms with Gasteiger partial charge in [-0.25, -0.2) is 0 Å². The summed E-state index contributed by atoms with van der Waals surface area (Å²) in [6.07, 6.45) is 9.88. The number of likely N-dealkylation sites (tertiary alicyclic amines) is 1. The van der Waals surface area contributed by atoms with Crippen LogP contribution in [0.1, 0.15) is 51.4 Å². The molecule has 3 fully saturated rings. The van der Waals surface area contributed by atoms with E-state index in [4.69, 9.17) is 4.74 Å². The number of rotatable bonds is 1. The third-order valence-electron chi connectivity index (χ3n) is 4.87. The minimum atomic E-state index is -0.117. The molecule has 1 saturated carbocycles. The zero-order valence-corrected chi connectivity index (χ0v) is 10.6. The highest BCUT2D eigenvalue weighted by molar-refractivity contribution is 5.81. The fraction of sp³-hybridized carbons (Fsp3) is 0.929. The van der Waals surface area contributed by atoms with Crippen LogP contribution in [-0.4, -0.2) is 36.6 Å². The Hall–Kier alpha value is -0.570. The molecule has 0 aromatic heterocycles. The molecule has 0 N–H and O–H groups in total. The quantitative estimate of drug-likeness (QED) is 0.700. The van der Waals surface area contributed by atoms with Gasteiger partial charge in [-0.3, -0.25) is 4.79 Å². The standard InChI is InChI=1S/C14H23NO2/c16-13(12-5-4-10-17-12)15-9-8-14(11-15)6-2-1-3-7-14/h12H,1-11H2. The van der Waals surface area contributed by atoms with E-state index in [-0.39, 0.29) is 12.0 Å². The second-order valence-corrected chi connectivity index (χ2v) is 6.07. The maximum atomic E-state index is 12.3. The summed E-state index contributed by atoms with van der Waals surface area (Å²) < 4.78 is 5.51. The highest BCUT2D eigenvalue weighted by atomic mass is 16.5. The number of carbonyl (C=O) groups is 1. The molecule has 0 bridgehead atoms. The third-order valence-corrected chi connectivity index (χ3v) is 4.87. The Bertz CT molecular complexity index is 291. The molecule has 3 rings (SSSR count). The van der Waals surface area contributed by atoms with Crippen LogP contribution < -0.4 is 0 Å². The Balaban J connectivity index is 1.60. The lowest BCUT2D eigenvalue weighted by molar-refractivity contribution is -0.140. The van der Waals surface area contributed by atoms with E-state index >= 15 is 0 Å². The van der Waals surface area contributed by atoms with Crippen molar-refractivity contribution in [2.24, 2.45) is 5.41 Å². The Morgan fingerprint density at radius 3 is 2.65 bits per heavy atom. The fourth-order valence-electron chi connectivity index (χ4n) is 3.81. The second-order valence-electron chi connectivity index (χ2n) is 6.07. The van der Waals surface area contributed by atoms with E-state index in [1.54, 1.807) is 0 Å². The van der Waals surface area contributed by atoms with Gasteiger partial charge >= 0.3 is 0 Å². The molecule has 1 aliphatic carbocycles. The number of ether oxygens (including phenoxy) is 1. The van der Waals surface area contributed by atoms with Gasteiger partial charge in [0.15, 0.2) is 0 Å². The van der Waals surface area contributed by atoms with Crippen LogP contribution in [-0.2, 0) is 9.53 Å². The minimum Gasteiger partial charge on any atom is -0.368 e. The van der Waals surface area contributed by atoms with Crippen molar-refractivity contribution in [3.8, 4) is 0 Å². The molecule has 2 saturated heterocycles. The number of carbonyl (C=O) groups excluding carboxylic acids is 1. The maximum Gasteiger partial charge on any atom is 0.251 e. The first kappa shape index (κ1) is 11.5. The number of nitrogens with zero attached hydrogens (tertiary/aromatic N) is 1. The van der Waals surface area contributed by atoms with Crippen LogP contribution in [0, 0.1) is 5.41 Å². The molecular weight excluding hydrogens is 214 g/mol. The van der Waals surface area contributed by atoms with Crippen LogP contribution >= 0.6 is 0 Å². The van der Waals surface area contributed by atoms with Crippen molar-refractivity contribution in [2.45, 2.75) is 57.5 Å². The lowest BCUT2D eigenvalue weighted by Crippen LogP contribution is -2.39. The molecule has 1 unspecified atom stereocenters. The SMILES string of the molecule is O=C(C1CCCO1)N1CCC2(CCCCC2)C1. The van der Waals surface area contributed by atoms with Crippen LogP contribution in [0.5, 0.6) is 0 Å². The van der Waals surface area contributed by atoms with E-state index in [1.165, 1.54) is 38.5 Å². The zero-order chi connectivity index (χ0) is 11.7. The van der Waals surface area contributed by atoms with Gasteiger partial charge in [-0.05, 0) is 37.5 Å². The number of amides is 1. The van der Waals surface area contributed by atoms with E-state index in [1.807, 2.05) is 0 Å². The van der Waals surface area contributed by atoms with Gasteiger partial charge in [-0.2, -0.15) is 0 Å². The van der Waals surface area contributed by atoms with Gasteiger partial charge in [0.25, 0.3) is 5.91 Å². The van der Waals surface area contributed by atoms with Gasteiger partial charge in [-0.15, -0.1) is 0 Å². The average molecular weight is 237 g/mol. The topological polar surface area (TPSA) is 29.5 Å². The van der Waals surface area contributed by atoms with Gasteiger partial charge < -0.3 is 9.64 Å². The second kappa shape index (κ2) is 4.60. The largest absolute Gasteiger partial charge is 0.368 e. The molecular formula is C14H23NO2. The Morgan fingerprint density at radius 2 is 1.94 bits per heavy atom. The molecule has 1 spiro atoms. The molecule has 3 aliphatic rings. The summed E-state index contributed by atoms with van der Waals surface area (Å²) in [4.78, 5) is 14.4. The molecule has 3 heteroatoms. The minimum absolute atomic E-state index is 0.117. The predicted molar refractivity (Wildman–Crippen MR) is 65.7 cm³/mol. The predicted octanol–water partition coefficient (Wildman–Crippen LogP) is 2.35. The van der Waals surface area contributed by atoms with Crippen molar-refractivity contribution in [2.75, 3.05) is 19.7 Å². The lowest BCUT2D eigenvalue weighted by atomic mass is 9.73. The van der Waals surface area contributed by atoms with Crippen molar-refractivity contribution >= 4 is 5.91 Å². The Morgan fingerprint density at radius 1 is 1.12 bits per heavy atom. The molecule has 1 atom stereocenters. The summed E-state index contributed by atoms with van der Waals surface area (Å²) in [5.74, 6) is 0.268. The van der Waals surface area contributed by atoms with Crippen molar-refractivity contribution in [3.63, 3.8) is 0 Å². The zero-order valence-electron chi connectivity index (χ0n) is 10.6. The molecule has 17 heavy (non-hydrogen) atoms. The maximum absolute atomic E-state index is 12.3. The summed E-state index contributed by atoms with van der Waals surface area (Å²) in [5, 5.41) is 0. The van der Waals surface area contributed by atoms with Gasteiger partial charge in [0.05, 0.1) is 0 Å². The molecule has 96 valence electrons. The summed E-state index contributed by atoms with van der Waals surface area (Å²) in [5.41, 5.74) is 0.479. The highest BCUT2D eigenvalue weighted by Crippen LogP contribution is 2.43. The summed E-state index contributed by atoms with van der Waals surface area (Å²) >= 11 is 0. The highest BCUT2D eigenvalue weighted by Gasteiger charge is 2.42. The van der Waals surface area contributed by atoms with Gasteiger partial charge in [0, 0.05) is 19.7 Å². The molecule has 0 aromatic carbocycles. The van der Waals surface area contributed by atoms with Crippen LogP contribution in [0.2, 0.25) is 0 Å². The van der Waals surface area contributed by atoms with Crippen LogP contribution in [0.15, 0.2) is 0 Å². The van der Waals surface area contributed by atoms with Gasteiger partial charge in [0.2, 0.25) is 0 Å². The fourth-order valence-corrected chi connectivity index (χ4v) is 3.81. The van der Waals surface area contributed by atoms with Crippen molar-refractivity contribution in [1.82, 2.24) is 4.90 Å². The van der Waals surface area contributed by atoms with E-state index in [2.05, 4.69) is 4.90 Å². The van der Waals surface area contributed by atoms with Crippen LogP contribution in [0.4, 0.5) is 0 Å². The van der Waals surface area contributed by atoms with Gasteiger partial charge in [-0.1, -0.05) is 19.3 Å². The van der Waals surface area contributed by atoms with Crippen LogP contribution in [0.25, 0.3) is 0 Å². The van der Waals surface area contributed by atoms with Crippen molar-refractivity contribution < 1.29 is 9.53 Å². The summed E-state index contributed by atoms with van der Waals surface area (Å²) in [6.45, 7) is 2.75.